The molecule has 0 aliphatic rings. The molecule has 1 N–H and O–H groups in total. The number of aryl methyl sites for hydroxylation is 1. The minimum atomic E-state index is 0.665. The summed E-state index contributed by atoms with van der Waals surface area (Å²) in [6.07, 6.45) is 1.80. The van der Waals surface area contributed by atoms with Crippen LogP contribution in [0.4, 0.5) is 5.82 Å². The summed E-state index contributed by atoms with van der Waals surface area (Å²) in [5, 5.41) is 5.45. The number of benzene rings is 1. The molecule has 0 aliphatic heterocycles. The second-order valence-electron chi connectivity index (χ2n) is 4.63. The van der Waals surface area contributed by atoms with Crippen molar-refractivity contribution in [1.82, 2.24) is 15.0 Å². The maximum absolute atomic E-state index is 4.56. The predicted molar refractivity (Wildman–Crippen MR) is 81.7 cm³/mol. The van der Waals surface area contributed by atoms with Crippen LogP contribution in [-0.2, 0) is 0 Å². The normalized spacial score (nSPS) is 10.7. The van der Waals surface area contributed by atoms with Gasteiger partial charge in [0.15, 0.2) is 5.82 Å². The van der Waals surface area contributed by atoms with Gasteiger partial charge in [-0.3, -0.25) is 4.98 Å². The number of hydrogen-bond donors (Lipinski definition) is 1. The Balaban J connectivity index is 2.20. The molecule has 3 aromatic rings. The predicted octanol–water partition coefficient (Wildman–Crippen LogP) is 3.43. The average molecular weight is 264 g/mol. The largest absolute Gasteiger partial charge is 0.370 e. The summed E-state index contributed by atoms with van der Waals surface area (Å²) in [6, 6.07) is 12.1. The zero-order chi connectivity index (χ0) is 13.9. The first-order chi connectivity index (χ1) is 9.78. The van der Waals surface area contributed by atoms with Gasteiger partial charge in [0.1, 0.15) is 11.5 Å². The van der Waals surface area contributed by atoms with Gasteiger partial charge >= 0.3 is 0 Å². The summed E-state index contributed by atoms with van der Waals surface area (Å²) in [5.74, 6) is 1.50. The summed E-state index contributed by atoms with van der Waals surface area (Å²) in [5.41, 5.74) is 1.76. The fourth-order valence-electron chi connectivity index (χ4n) is 2.24. The van der Waals surface area contributed by atoms with E-state index < -0.39 is 0 Å². The smallest absolute Gasteiger partial charge is 0.181 e. The third-order valence-electron chi connectivity index (χ3n) is 3.10. The van der Waals surface area contributed by atoms with Crippen LogP contribution in [0.2, 0.25) is 0 Å². The summed E-state index contributed by atoms with van der Waals surface area (Å²) in [6.45, 7) is 4.85. The van der Waals surface area contributed by atoms with Gasteiger partial charge in [0, 0.05) is 29.9 Å². The third-order valence-corrected chi connectivity index (χ3v) is 3.10. The zero-order valence-electron chi connectivity index (χ0n) is 11.6. The second kappa shape index (κ2) is 5.25. The Morgan fingerprint density at radius 1 is 1.10 bits per heavy atom. The molecular formula is C16H16N4. The minimum absolute atomic E-state index is 0.665. The minimum Gasteiger partial charge on any atom is -0.370 e. The van der Waals surface area contributed by atoms with Crippen molar-refractivity contribution >= 4 is 16.6 Å². The summed E-state index contributed by atoms with van der Waals surface area (Å²) in [7, 11) is 0. The van der Waals surface area contributed by atoms with Crippen LogP contribution in [0.25, 0.3) is 22.3 Å². The number of pyridine rings is 1. The first-order valence-electron chi connectivity index (χ1n) is 6.71. The van der Waals surface area contributed by atoms with Gasteiger partial charge in [-0.15, -0.1) is 0 Å². The molecule has 3 rings (SSSR count). The highest BCUT2D eigenvalue weighted by Crippen LogP contribution is 2.24. The van der Waals surface area contributed by atoms with Crippen LogP contribution >= 0.6 is 0 Å². The van der Waals surface area contributed by atoms with Gasteiger partial charge in [-0.05, 0) is 25.3 Å². The summed E-state index contributed by atoms with van der Waals surface area (Å²) in [4.78, 5) is 13.5. The standard InChI is InChI=1S/C16H16N4/c1-3-17-14-10-11(2)19-16(20-14)15-13-7-5-4-6-12(13)8-9-18-15/h4-10H,3H2,1-2H3,(H,17,19,20). The molecule has 0 spiro atoms. The summed E-state index contributed by atoms with van der Waals surface area (Å²) >= 11 is 0. The molecule has 1 aromatic carbocycles. The van der Waals surface area contributed by atoms with E-state index in [2.05, 4.69) is 32.4 Å². The Labute approximate surface area is 117 Å². The number of fused-ring (bicyclic) bond motifs is 1. The monoisotopic (exact) mass is 264 g/mol. The molecule has 20 heavy (non-hydrogen) atoms. The van der Waals surface area contributed by atoms with Gasteiger partial charge in [-0.25, -0.2) is 9.97 Å². The number of aromatic nitrogens is 3. The van der Waals surface area contributed by atoms with Gasteiger partial charge in [-0.1, -0.05) is 24.3 Å². The van der Waals surface area contributed by atoms with E-state index in [1.165, 1.54) is 0 Å². The molecule has 0 saturated carbocycles. The third kappa shape index (κ3) is 2.32. The number of anilines is 1. The van der Waals surface area contributed by atoms with Crippen LogP contribution in [0.1, 0.15) is 12.6 Å². The Kier molecular flexibility index (Phi) is 3.29. The molecule has 2 aromatic heterocycles. The van der Waals surface area contributed by atoms with Gasteiger partial charge in [0.05, 0.1) is 0 Å². The molecule has 0 saturated heterocycles. The molecule has 4 heteroatoms. The maximum atomic E-state index is 4.56. The first-order valence-corrected chi connectivity index (χ1v) is 6.71. The molecule has 0 fully saturated rings. The zero-order valence-corrected chi connectivity index (χ0v) is 11.6. The Hall–Kier alpha value is -2.49. The van der Waals surface area contributed by atoms with Crippen LogP contribution in [0.15, 0.2) is 42.6 Å². The van der Waals surface area contributed by atoms with Gasteiger partial charge in [0.2, 0.25) is 0 Å². The van der Waals surface area contributed by atoms with Crippen molar-refractivity contribution in [2.75, 3.05) is 11.9 Å². The van der Waals surface area contributed by atoms with E-state index in [4.69, 9.17) is 0 Å². The topological polar surface area (TPSA) is 50.7 Å². The first kappa shape index (κ1) is 12.5. The van der Waals surface area contributed by atoms with Crippen LogP contribution < -0.4 is 5.32 Å². The molecule has 0 unspecified atom stereocenters. The SMILES string of the molecule is CCNc1cc(C)nc(-c2nccc3ccccc23)n1. The van der Waals surface area contributed by atoms with Crippen LogP contribution in [0.3, 0.4) is 0 Å². The Morgan fingerprint density at radius 2 is 1.95 bits per heavy atom. The van der Waals surface area contributed by atoms with E-state index in [1.54, 1.807) is 6.20 Å². The van der Waals surface area contributed by atoms with Crippen molar-refractivity contribution in [2.24, 2.45) is 0 Å². The molecule has 2 heterocycles. The van der Waals surface area contributed by atoms with Crippen molar-refractivity contribution in [3.63, 3.8) is 0 Å². The van der Waals surface area contributed by atoms with Crippen LogP contribution in [0, 0.1) is 6.92 Å². The van der Waals surface area contributed by atoms with Gasteiger partial charge < -0.3 is 5.32 Å². The highest BCUT2D eigenvalue weighted by molar-refractivity contribution is 5.92. The van der Waals surface area contributed by atoms with Crippen molar-refractivity contribution in [1.29, 1.82) is 0 Å². The van der Waals surface area contributed by atoms with Crippen molar-refractivity contribution in [2.45, 2.75) is 13.8 Å². The molecular weight excluding hydrogens is 248 g/mol. The summed E-state index contributed by atoms with van der Waals surface area (Å²) < 4.78 is 0. The molecule has 0 amide bonds. The van der Waals surface area contributed by atoms with E-state index in [-0.39, 0.29) is 0 Å². The number of rotatable bonds is 3. The molecule has 0 bridgehead atoms. The van der Waals surface area contributed by atoms with Gasteiger partial charge in [0.25, 0.3) is 0 Å². The highest BCUT2D eigenvalue weighted by Gasteiger charge is 2.09. The lowest BCUT2D eigenvalue weighted by Gasteiger charge is -2.08. The van der Waals surface area contributed by atoms with Gasteiger partial charge in [-0.2, -0.15) is 0 Å². The quantitative estimate of drug-likeness (QED) is 0.787. The van der Waals surface area contributed by atoms with E-state index in [1.807, 2.05) is 38.1 Å². The van der Waals surface area contributed by atoms with E-state index in [0.29, 0.717) is 5.82 Å². The lowest BCUT2D eigenvalue weighted by atomic mass is 10.1. The molecule has 4 nitrogen and oxygen atoms in total. The van der Waals surface area contributed by atoms with Crippen molar-refractivity contribution in [3.05, 3.63) is 48.3 Å². The fourth-order valence-corrected chi connectivity index (χ4v) is 2.24. The number of nitrogens with zero attached hydrogens (tertiary/aromatic N) is 3. The second-order valence-corrected chi connectivity index (χ2v) is 4.63. The number of nitrogens with one attached hydrogen (secondary N) is 1. The lowest BCUT2D eigenvalue weighted by Crippen LogP contribution is -2.03. The Morgan fingerprint density at radius 3 is 2.80 bits per heavy atom. The van der Waals surface area contributed by atoms with E-state index in [0.717, 1.165) is 34.5 Å². The lowest BCUT2D eigenvalue weighted by molar-refractivity contribution is 1.07. The Bertz CT molecular complexity index is 747. The molecule has 0 radical (unpaired) electrons. The fraction of sp³-hybridized carbons (Fsp3) is 0.188. The molecule has 0 aliphatic carbocycles. The average Bonchev–Trinajstić information content (AvgIpc) is 2.46. The van der Waals surface area contributed by atoms with E-state index in [9.17, 15) is 0 Å². The van der Waals surface area contributed by atoms with Crippen molar-refractivity contribution < 1.29 is 0 Å². The number of hydrogen-bond acceptors (Lipinski definition) is 4. The highest BCUT2D eigenvalue weighted by atomic mass is 15.0. The maximum Gasteiger partial charge on any atom is 0.181 e. The van der Waals surface area contributed by atoms with Crippen molar-refractivity contribution in [3.8, 4) is 11.5 Å². The van der Waals surface area contributed by atoms with Crippen LogP contribution in [0.5, 0.6) is 0 Å². The molecule has 0 atom stereocenters. The van der Waals surface area contributed by atoms with E-state index >= 15 is 0 Å². The molecule has 100 valence electrons. The van der Waals surface area contributed by atoms with Crippen LogP contribution in [-0.4, -0.2) is 21.5 Å².